The van der Waals surface area contributed by atoms with Crippen LogP contribution in [0.5, 0.6) is 0 Å². The number of sulfonamides is 1. The molecular formula is C32H45Cl2N3O5S2. The number of hydrogen-bond donors (Lipinski definition) is 0. The Bertz CT molecular complexity index is 1480. The number of amides is 1. The van der Waals surface area contributed by atoms with Crippen LogP contribution in [-0.4, -0.2) is 82.7 Å². The van der Waals surface area contributed by atoms with E-state index in [4.69, 9.17) is 23.2 Å². The summed E-state index contributed by atoms with van der Waals surface area (Å²) in [5.74, 6) is 0.718. The van der Waals surface area contributed by atoms with Crippen molar-refractivity contribution in [2.75, 3.05) is 50.4 Å². The van der Waals surface area contributed by atoms with Gasteiger partial charge in [0.15, 0.2) is 9.84 Å². The molecule has 12 heteroatoms. The number of carbonyl (C=O) groups is 1. The smallest absolute Gasteiger partial charge is 0.227 e. The Morgan fingerprint density at radius 2 is 1.50 bits per heavy atom. The van der Waals surface area contributed by atoms with E-state index in [2.05, 4.69) is 4.90 Å². The number of halogens is 2. The first kappa shape index (κ1) is 35.2. The van der Waals surface area contributed by atoms with Crippen LogP contribution >= 0.6 is 23.2 Å². The first-order valence-electron chi connectivity index (χ1n) is 15.5. The van der Waals surface area contributed by atoms with Crippen LogP contribution in [0.3, 0.4) is 0 Å². The molecule has 0 atom stereocenters. The molecule has 0 spiro atoms. The van der Waals surface area contributed by atoms with Crippen molar-refractivity contribution in [3.63, 3.8) is 0 Å². The number of nitrogens with zero attached hydrogens (tertiary/aromatic N) is 3. The van der Waals surface area contributed by atoms with E-state index in [0.29, 0.717) is 59.8 Å². The van der Waals surface area contributed by atoms with Gasteiger partial charge in [0.25, 0.3) is 0 Å². The molecule has 0 N–H and O–H groups in total. The van der Waals surface area contributed by atoms with Gasteiger partial charge in [-0.3, -0.25) is 4.79 Å². The van der Waals surface area contributed by atoms with Gasteiger partial charge in [0.05, 0.1) is 26.4 Å². The summed E-state index contributed by atoms with van der Waals surface area (Å²) in [4.78, 5) is 18.2. The largest absolute Gasteiger partial charge is 0.312 e. The third-order valence-electron chi connectivity index (χ3n) is 8.98. The molecule has 2 saturated heterocycles. The van der Waals surface area contributed by atoms with Crippen LogP contribution in [0.15, 0.2) is 47.4 Å². The van der Waals surface area contributed by atoms with E-state index >= 15 is 0 Å². The van der Waals surface area contributed by atoms with Crippen LogP contribution in [0.2, 0.25) is 10.0 Å². The molecule has 2 aliphatic heterocycles. The average molecular weight is 687 g/mol. The Morgan fingerprint density at radius 1 is 0.886 bits per heavy atom. The van der Waals surface area contributed by atoms with Gasteiger partial charge < -0.3 is 9.80 Å². The highest BCUT2D eigenvalue weighted by molar-refractivity contribution is 7.92. The highest BCUT2D eigenvalue weighted by Crippen LogP contribution is 2.30. The first-order valence-corrected chi connectivity index (χ1v) is 19.6. The third-order valence-corrected chi connectivity index (χ3v) is 13.2. The van der Waals surface area contributed by atoms with Crippen molar-refractivity contribution in [3.8, 4) is 0 Å². The summed E-state index contributed by atoms with van der Waals surface area (Å²) in [6.07, 6.45) is 6.85. The van der Waals surface area contributed by atoms with Crippen molar-refractivity contribution < 1.29 is 21.6 Å². The quantitative estimate of drug-likeness (QED) is 0.276. The van der Waals surface area contributed by atoms with Gasteiger partial charge in [-0.2, -0.15) is 0 Å². The normalized spacial score (nSPS) is 18.1. The van der Waals surface area contributed by atoms with Gasteiger partial charge in [-0.15, -0.1) is 0 Å². The van der Waals surface area contributed by atoms with Crippen molar-refractivity contribution in [2.45, 2.75) is 68.9 Å². The summed E-state index contributed by atoms with van der Waals surface area (Å²) in [6.45, 7) is 7.73. The van der Waals surface area contributed by atoms with Gasteiger partial charge >= 0.3 is 0 Å². The lowest BCUT2D eigenvalue weighted by Gasteiger charge is -2.33. The van der Waals surface area contributed by atoms with Gasteiger partial charge in [-0.05, 0) is 120 Å². The molecule has 8 nitrogen and oxygen atoms in total. The maximum Gasteiger partial charge on any atom is 0.227 e. The lowest BCUT2D eigenvalue weighted by Crippen LogP contribution is -2.40. The zero-order chi connectivity index (χ0) is 32.1. The second kappa shape index (κ2) is 15.3. The Morgan fingerprint density at radius 3 is 2.07 bits per heavy atom. The molecule has 44 heavy (non-hydrogen) atoms. The lowest BCUT2D eigenvalue weighted by molar-refractivity contribution is -0.119. The molecule has 2 heterocycles. The number of rotatable bonds is 12. The van der Waals surface area contributed by atoms with Crippen LogP contribution in [0.1, 0.15) is 57.9 Å². The minimum Gasteiger partial charge on any atom is -0.312 e. The van der Waals surface area contributed by atoms with E-state index < -0.39 is 25.1 Å². The number of sulfone groups is 1. The van der Waals surface area contributed by atoms with Crippen molar-refractivity contribution in [3.05, 3.63) is 58.1 Å². The van der Waals surface area contributed by atoms with Crippen molar-refractivity contribution in [1.82, 2.24) is 9.21 Å². The fraction of sp³-hybridized carbons (Fsp3) is 0.594. The van der Waals surface area contributed by atoms with E-state index in [9.17, 15) is 21.6 Å². The standard InChI is InChI=1S/C32H45Cl2N3O5S2/c1-24(2)44(41,42)29-8-5-25(6-9-29)21-26-11-17-35(18-12-26)15-4-16-37(28-7-10-30(33)31(34)23-28)32(38)22-27-13-19-36(20-14-27)43(3,39)40/h5-10,23-24,26-27H,4,11-22H2,1-3H3. The predicted molar refractivity (Wildman–Crippen MR) is 179 cm³/mol. The summed E-state index contributed by atoms with van der Waals surface area (Å²) in [5, 5.41) is 0.413. The number of anilines is 1. The van der Waals surface area contributed by atoms with Gasteiger partial charge in [0.2, 0.25) is 15.9 Å². The van der Waals surface area contributed by atoms with E-state index in [0.717, 1.165) is 51.0 Å². The number of likely N-dealkylation sites (tertiary alicyclic amines) is 1. The molecule has 0 bridgehead atoms. The van der Waals surface area contributed by atoms with Gasteiger partial charge in [0, 0.05) is 31.7 Å². The summed E-state index contributed by atoms with van der Waals surface area (Å²) in [7, 11) is -6.47. The number of hydrogen-bond acceptors (Lipinski definition) is 6. The van der Waals surface area contributed by atoms with E-state index in [1.54, 1.807) is 43.0 Å². The van der Waals surface area contributed by atoms with E-state index in [1.807, 2.05) is 18.2 Å². The molecular weight excluding hydrogens is 641 g/mol. The van der Waals surface area contributed by atoms with Gasteiger partial charge in [-0.1, -0.05) is 35.3 Å². The predicted octanol–water partition coefficient (Wildman–Crippen LogP) is 5.92. The first-order chi connectivity index (χ1) is 20.7. The Kier molecular flexibility index (Phi) is 12.2. The third kappa shape index (κ3) is 9.42. The van der Waals surface area contributed by atoms with Crippen molar-refractivity contribution in [1.29, 1.82) is 0 Å². The summed E-state index contributed by atoms with van der Waals surface area (Å²) >= 11 is 12.5. The fourth-order valence-corrected chi connectivity index (χ4v) is 8.37. The molecule has 2 fully saturated rings. The van der Waals surface area contributed by atoms with Gasteiger partial charge in [0.1, 0.15) is 0 Å². The highest BCUT2D eigenvalue weighted by Gasteiger charge is 2.28. The minimum absolute atomic E-state index is 0.0205. The maximum atomic E-state index is 13.6. The zero-order valence-corrected chi connectivity index (χ0v) is 29.1. The number of piperidine rings is 2. The van der Waals surface area contributed by atoms with Gasteiger partial charge in [-0.25, -0.2) is 21.1 Å². The SMILES string of the molecule is CC(C)S(=O)(=O)c1ccc(CC2CCN(CCCN(C(=O)CC3CCN(S(C)(=O)=O)CC3)c3ccc(Cl)c(Cl)c3)CC2)cc1. The Labute approximate surface area is 273 Å². The Balaban J connectivity index is 1.28. The second-order valence-corrected chi connectivity index (χ2v) is 17.8. The maximum absolute atomic E-state index is 13.6. The zero-order valence-electron chi connectivity index (χ0n) is 25.9. The topological polar surface area (TPSA) is 95.1 Å². The molecule has 2 aromatic rings. The summed E-state index contributed by atoms with van der Waals surface area (Å²) < 4.78 is 50.1. The number of carbonyl (C=O) groups excluding carboxylic acids is 1. The molecule has 0 aliphatic carbocycles. The van der Waals surface area contributed by atoms with Crippen LogP contribution in [-0.2, 0) is 31.1 Å². The average Bonchev–Trinajstić information content (AvgIpc) is 2.97. The monoisotopic (exact) mass is 685 g/mol. The van der Waals surface area contributed by atoms with Crippen LogP contribution in [0.25, 0.3) is 0 Å². The van der Waals surface area contributed by atoms with Crippen molar-refractivity contribution >= 4 is 54.7 Å². The molecule has 4 rings (SSSR count). The molecule has 0 saturated carbocycles. The molecule has 2 aromatic carbocycles. The minimum atomic E-state index is -3.26. The van der Waals surface area contributed by atoms with E-state index in [-0.39, 0.29) is 11.8 Å². The number of benzene rings is 2. The van der Waals surface area contributed by atoms with Crippen LogP contribution in [0, 0.1) is 11.8 Å². The molecule has 244 valence electrons. The van der Waals surface area contributed by atoms with E-state index in [1.165, 1.54) is 16.1 Å². The molecule has 2 aliphatic rings. The molecule has 0 radical (unpaired) electrons. The summed E-state index contributed by atoms with van der Waals surface area (Å²) in [6, 6.07) is 12.7. The molecule has 1 amide bonds. The lowest BCUT2D eigenvalue weighted by atomic mass is 9.90. The molecule has 0 unspecified atom stereocenters. The van der Waals surface area contributed by atoms with Crippen LogP contribution in [0.4, 0.5) is 5.69 Å². The fourth-order valence-electron chi connectivity index (χ4n) is 6.14. The second-order valence-electron chi connectivity index (χ2n) is 12.5. The van der Waals surface area contributed by atoms with Crippen molar-refractivity contribution in [2.24, 2.45) is 11.8 Å². The van der Waals surface area contributed by atoms with Crippen LogP contribution < -0.4 is 4.90 Å². The molecule has 0 aromatic heterocycles. The highest BCUT2D eigenvalue weighted by atomic mass is 35.5. The summed E-state index contributed by atoms with van der Waals surface area (Å²) in [5.41, 5.74) is 1.90. The Hall–Kier alpha value is -1.69.